The van der Waals surface area contributed by atoms with Gasteiger partial charge in [0.15, 0.2) is 0 Å². The largest absolute Gasteiger partial charge is 0.381 e. The maximum atomic E-state index is 13.0. The summed E-state index contributed by atoms with van der Waals surface area (Å²) in [6.07, 6.45) is 6.18. The molecule has 140 valence electrons. The molecular formula is C21H23FN4O. The lowest BCUT2D eigenvalue weighted by Crippen LogP contribution is -2.37. The van der Waals surface area contributed by atoms with E-state index >= 15 is 0 Å². The predicted octanol–water partition coefficient (Wildman–Crippen LogP) is 3.84. The van der Waals surface area contributed by atoms with Gasteiger partial charge in [0, 0.05) is 42.8 Å². The Labute approximate surface area is 158 Å². The van der Waals surface area contributed by atoms with E-state index < -0.39 is 0 Å². The normalized spacial score (nSPS) is 11.8. The minimum atomic E-state index is -0.251. The van der Waals surface area contributed by atoms with Crippen LogP contribution < -0.4 is 10.6 Å². The molecule has 1 heterocycles. The number of nitrogens with one attached hydrogen (secondary N) is 2. The van der Waals surface area contributed by atoms with Crippen molar-refractivity contribution in [2.45, 2.75) is 32.5 Å². The fourth-order valence-electron chi connectivity index (χ4n) is 2.77. The van der Waals surface area contributed by atoms with E-state index in [1.807, 2.05) is 35.9 Å². The second-order valence-corrected chi connectivity index (χ2v) is 6.40. The molecule has 0 saturated heterocycles. The molecule has 2 aromatic carbocycles. The number of amides is 1. The van der Waals surface area contributed by atoms with Crippen LogP contribution in [0, 0.1) is 5.82 Å². The van der Waals surface area contributed by atoms with E-state index in [1.165, 1.54) is 12.1 Å². The predicted molar refractivity (Wildman–Crippen MR) is 104 cm³/mol. The van der Waals surface area contributed by atoms with Crippen molar-refractivity contribution in [3.63, 3.8) is 0 Å². The number of benzene rings is 2. The molecule has 0 radical (unpaired) electrons. The molecular weight excluding hydrogens is 343 g/mol. The van der Waals surface area contributed by atoms with Gasteiger partial charge in [-0.15, -0.1) is 0 Å². The molecule has 0 fully saturated rings. The number of carbonyl (C=O) groups excluding carboxylic acids is 1. The number of halogens is 1. The van der Waals surface area contributed by atoms with Gasteiger partial charge in [-0.3, -0.25) is 4.79 Å². The van der Waals surface area contributed by atoms with Gasteiger partial charge in [-0.25, -0.2) is 9.37 Å². The third kappa shape index (κ3) is 5.41. The molecule has 0 aliphatic rings. The van der Waals surface area contributed by atoms with E-state index in [2.05, 4.69) is 15.6 Å². The van der Waals surface area contributed by atoms with Gasteiger partial charge in [0.2, 0.25) is 0 Å². The van der Waals surface area contributed by atoms with Gasteiger partial charge in [-0.1, -0.05) is 25.1 Å². The molecule has 1 atom stereocenters. The minimum Gasteiger partial charge on any atom is -0.381 e. The summed E-state index contributed by atoms with van der Waals surface area (Å²) in [7, 11) is 0. The third-order valence-electron chi connectivity index (χ3n) is 4.35. The summed E-state index contributed by atoms with van der Waals surface area (Å²) < 4.78 is 14.9. The Morgan fingerprint density at radius 2 is 2.04 bits per heavy atom. The highest BCUT2D eigenvalue weighted by atomic mass is 19.1. The van der Waals surface area contributed by atoms with Crippen molar-refractivity contribution in [3.8, 4) is 0 Å². The Hall–Kier alpha value is -3.15. The van der Waals surface area contributed by atoms with Crippen LogP contribution in [-0.2, 0) is 13.1 Å². The molecule has 5 nitrogen and oxygen atoms in total. The zero-order chi connectivity index (χ0) is 19.1. The average molecular weight is 366 g/mol. The molecule has 0 aliphatic carbocycles. The van der Waals surface area contributed by atoms with E-state index in [0.717, 1.165) is 17.7 Å². The molecule has 0 aliphatic heterocycles. The molecule has 1 aromatic heterocycles. The standard InChI is InChI=1S/C21H23FN4O/c1-2-19(14-26-11-10-23-15-26)25-21(27)17-4-3-5-20(12-17)24-13-16-6-8-18(22)9-7-16/h3-12,15,19,24H,2,13-14H2,1H3,(H,25,27). The molecule has 1 unspecified atom stereocenters. The van der Waals surface area contributed by atoms with E-state index in [4.69, 9.17) is 0 Å². The van der Waals surface area contributed by atoms with Crippen molar-refractivity contribution in [3.05, 3.63) is 84.2 Å². The van der Waals surface area contributed by atoms with Gasteiger partial charge >= 0.3 is 0 Å². The average Bonchev–Trinajstić information content (AvgIpc) is 3.20. The minimum absolute atomic E-state index is 0.0301. The number of imidazole rings is 1. The highest BCUT2D eigenvalue weighted by Crippen LogP contribution is 2.13. The first-order valence-corrected chi connectivity index (χ1v) is 8.99. The number of hydrogen-bond acceptors (Lipinski definition) is 3. The first-order chi connectivity index (χ1) is 13.1. The number of carbonyl (C=O) groups is 1. The lowest BCUT2D eigenvalue weighted by Gasteiger charge is -2.18. The zero-order valence-corrected chi connectivity index (χ0v) is 15.2. The van der Waals surface area contributed by atoms with Gasteiger partial charge in [-0.2, -0.15) is 0 Å². The highest BCUT2D eigenvalue weighted by Gasteiger charge is 2.13. The molecule has 27 heavy (non-hydrogen) atoms. The molecule has 0 saturated carbocycles. The summed E-state index contributed by atoms with van der Waals surface area (Å²) in [4.78, 5) is 16.6. The first kappa shape index (κ1) is 18.6. The maximum Gasteiger partial charge on any atom is 0.251 e. The summed E-state index contributed by atoms with van der Waals surface area (Å²) >= 11 is 0. The van der Waals surface area contributed by atoms with Gasteiger partial charge in [0.1, 0.15) is 5.82 Å². The van der Waals surface area contributed by atoms with Crippen LogP contribution in [0.1, 0.15) is 29.3 Å². The Morgan fingerprint density at radius 1 is 1.22 bits per heavy atom. The van der Waals surface area contributed by atoms with Crippen LogP contribution in [0.15, 0.2) is 67.3 Å². The quantitative estimate of drug-likeness (QED) is 0.637. The molecule has 1 amide bonds. The van der Waals surface area contributed by atoms with Crippen molar-refractivity contribution >= 4 is 11.6 Å². The summed E-state index contributed by atoms with van der Waals surface area (Å²) in [6.45, 7) is 3.29. The fraction of sp³-hybridized carbons (Fsp3) is 0.238. The molecule has 0 bridgehead atoms. The van der Waals surface area contributed by atoms with E-state index in [9.17, 15) is 9.18 Å². The topological polar surface area (TPSA) is 59.0 Å². The number of rotatable bonds is 8. The van der Waals surface area contributed by atoms with Crippen LogP contribution in [-0.4, -0.2) is 21.5 Å². The van der Waals surface area contributed by atoms with Crippen LogP contribution in [0.4, 0.5) is 10.1 Å². The number of hydrogen-bond donors (Lipinski definition) is 2. The Morgan fingerprint density at radius 3 is 2.74 bits per heavy atom. The number of nitrogens with zero attached hydrogens (tertiary/aromatic N) is 2. The van der Waals surface area contributed by atoms with E-state index in [0.29, 0.717) is 18.7 Å². The van der Waals surface area contributed by atoms with Gasteiger partial charge < -0.3 is 15.2 Å². The Balaban J connectivity index is 1.59. The number of anilines is 1. The van der Waals surface area contributed by atoms with Crippen molar-refractivity contribution in [1.29, 1.82) is 0 Å². The highest BCUT2D eigenvalue weighted by molar-refractivity contribution is 5.95. The summed E-state index contributed by atoms with van der Waals surface area (Å²) in [5.74, 6) is -0.356. The van der Waals surface area contributed by atoms with Crippen molar-refractivity contribution in [1.82, 2.24) is 14.9 Å². The monoisotopic (exact) mass is 366 g/mol. The fourth-order valence-corrected chi connectivity index (χ4v) is 2.77. The maximum absolute atomic E-state index is 13.0. The Kier molecular flexibility index (Phi) is 6.20. The SMILES string of the molecule is CCC(Cn1ccnc1)NC(=O)c1cccc(NCc2ccc(F)cc2)c1. The number of aromatic nitrogens is 2. The second-order valence-electron chi connectivity index (χ2n) is 6.40. The van der Waals surface area contributed by atoms with Crippen LogP contribution >= 0.6 is 0 Å². The lowest BCUT2D eigenvalue weighted by atomic mass is 10.1. The third-order valence-corrected chi connectivity index (χ3v) is 4.35. The van der Waals surface area contributed by atoms with Gasteiger partial charge in [-0.05, 0) is 42.3 Å². The second kappa shape index (κ2) is 8.98. The Bertz CT molecular complexity index is 862. The van der Waals surface area contributed by atoms with Crippen molar-refractivity contribution in [2.24, 2.45) is 0 Å². The molecule has 3 aromatic rings. The van der Waals surface area contributed by atoms with Crippen LogP contribution in [0.25, 0.3) is 0 Å². The van der Waals surface area contributed by atoms with E-state index in [1.54, 1.807) is 30.7 Å². The zero-order valence-electron chi connectivity index (χ0n) is 15.2. The summed E-state index contributed by atoms with van der Waals surface area (Å²) in [6, 6.07) is 13.7. The smallest absolute Gasteiger partial charge is 0.251 e. The van der Waals surface area contributed by atoms with Crippen LogP contribution in [0.5, 0.6) is 0 Å². The molecule has 0 spiro atoms. The van der Waals surface area contributed by atoms with Crippen LogP contribution in [0.3, 0.4) is 0 Å². The van der Waals surface area contributed by atoms with Gasteiger partial charge in [0.05, 0.1) is 6.33 Å². The lowest BCUT2D eigenvalue weighted by molar-refractivity contribution is 0.0932. The molecule has 2 N–H and O–H groups in total. The van der Waals surface area contributed by atoms with Crippen molar-refractivity contribution < 1.29 is 9.18 Å². The molecule has 6 heteroatoms. The summed E-state index contributed by atoms with van der Waals surface area (Å²) in [5.41, 5.74) is 2.41. The van der Waals surface area contributed by atoms with Crippen LogP contribution in [0.2, 0.25) is 0 Å². The van der Waals surface area contributed by atoms with Gasteiger partial charge in [0.25, 0.3) is 5.91 Å². The first-order valence-electron chi connectivity index (χ1n) is 8.99. The summed E-state index contributed by atoms with van der Waals surface area (Å²) in [5, 5.41) is 6.34. The van der Waals surface area contributed by atoms with E-state index in [-0.39, 0.29) is 17.8 Å². The molecule has 3 rings (SSSR count). The van der Waals surface area contributed by atoms with Crippen molar-refractivity contribution in [2.75, 3.05) is 5.32 Å².